The number of hydrogen-bond donors (Lipinski definition) is 0. The van der Waals surface area contributed by atoms with Gasteiger partial charge in [-0.15, -0.1) is 0 Å². The molecular formula is C16H26N2OSi. The van der Waals surface area contributed by atoms with Gasteiger partial charge in [0.2, 0.25) is 0 Å². The van der Waals surface area contributed by atoms with Crippen molar-refractivity contribution in [2.45, 2.75) is 52.9 Å². The molecule has 110 valence electrons. The monoisotopic (exact) mass is 290 g/mol. The molecule has 0 saturated heterocycles. The highest BCUT2D eigenvalue weighted by molar-refractivity contribution is 6.73. The topological polar surface area (TPSA) is 32.7 Å². The van der Waals surface area contributed by atoms with E-state index in [1.54, 1.807) is 6.92 Å². The van der Waals surface area contributed by atoms with E-state index in [1.165, 1.54) is 5.56 Å². The molecule has 4 heteroatoms. The van der Waals surface area contributed by atoms with Crippen molar-refractivity contribution < 1.29 is 4.79 Å². The van der Waals surface area contributed by atoms with Gasteiger partial charge in [0.05, 0.1) is 6.54 Å². The van der Waals surface area contributed by atoms with Crippen molar-refractivity contribution in [3.8, 4) is 0 Å². The van der Waals surface area contributed by atoms with Crippen molar-refractivity contribution >= 4 is 19.7 Å². The lowest BCUT2D eigenvalue weighted by atomic mass is 10.2. The average Bonchev–Trinajstić information content (AvgIpc) is 2.36. The van der Waals surface area contributed by atoms with Crippen molar-refractivity contribution in [1.29, 1.82) is 0 Å². The lowest BCUT2D eigenvalue weighted by molar-refractivity contribution is -0.116. The number of carbonyl (C=O) groups excluding carboxylic acids is 1. The summed E-state index contributed by atoms with van der Waals surface area (Å²) in [6.45, 7) is 11.4. The molecule has 0 aliphatic heterocycles. The predicted octanol–water partition coefficient (Wildman–Crippen LogP) is 4.07. The van der Waals surface area contributed by atoms with Crippen LogP contribution in [0, 0.1) is 0 Å². The Hall–Kier alpha value is -1.42. The van der Waals surface area contributed by atoms with E-state index >= 15 is 0 Å². The van der Waals surface area contributed by atoms with Crippen molar-refractivity contribution in [2.75, 3.05) is 0 Å². The number of rotatable bonds is 7. The van der Waals surface area contributed by atoms with E-state index in [-0.39, 0.29) is 5.78 Å². The lowest BCUT2D eigenvalue weighted by Gasteiger charge is -2.32. The van der Waals surface area contributed by atoms with Crippen LogP contribution in [0.3, 0.4) is 0 Å². The second-order valence-electron chi connectivity index (χ2n) is 6.25. The first kappa shape index (κ1) is 16.6. The summed E-state index contributed by atoms with van der Waals surface area (Å²) in [5, 5.41) is 4.77. The molecule has 0 N–H and O–H groups in total. The van der Waals surface area contributed by atoms with E-state index in [0.717, 1.165) is 18.7 Å². The first-order chi connectivity index (χ1) is 9.29. The van der Waals surface area contributed by atoms with Gasteiger partial charge in [0.25, 0.3) is 0 Å². The fourth-order valence-corrected chi connectivity index (χ4v) is 2.92. The standard InChI is InChI=1S/C16H26N2OSi/c1-14(11-12-15(2)19)17-18(20(3,4)5)13-16-9-7-6-8-10-16/h6-10H,11-13H2,1-5H3/b17-14+. The van der Waals surface area contributed by atoms with Crippen LogP contribution >= 0.6 is 0 Å². The molecule has 20 heavy (non-hydrogen) atoms. The number of ketones is 1. The normalized spacial score (nSPS) is 12.3. The molecule has 0 unspecified atom stereocenters. The summed E-state index contributed by atoms with van der Waals surface area (Å²) >= 11 is 0. The third kappa shape index (κ3) is 6.15. The molecular weight excluding hydrogens is 264 g/mol. The molecule has 0 aliphatic rings. The molecule has 0 aromatic heterocycles. The molecule has 0 amide bonds. The fourth-order valence-electron chi connectivity index (χ4n) is 1.79. The maximum atomic E-state index is 11.1. The van der Waals surface area contributed by atoms with Crippen LogP contribution < -0.4 is 0 Å². The molecule has 1 aromatic rings. The summed E-state index contributed by atoms with van der Waals surface area (Å²) in [6, 6.07) is 10.4. The predicted molar refractivity (Wildman–Crippen MR) is 88.4 cm³/mol. The zero-order valence-corrected chi connectivity index (χ0v) is 14.3. The van der Waals surface area contributed by atoms with Crippen LogP contribution in [0.1, 0.15) is 32.3 Å². The quantitative estimate of drug-likeness (QED) is 0.431. The first-order valence-corrected chi connectivity index (χ1v) is 10.6. The molecule has 1 aromatic carbocycles. The van der Waals surface area contributed by atoms with E-state index in [4.69, 9.17) is 5.10 Å². The first-order valence-electron chi connectivity index (χ1n) is 7.14. The third-order valence-electron chi connectivity index (χ3n) is 3.08. The zero-order valence-electron chi connectivity index (χ0n) is 13.3. The Morgan fingerprint density at radius 1 is 1.10 bits per heavy atom. The van der Waals surface area contributed by atoms with Gasteiger partial charge in [-0.2, -0.15) is 5.10 Å². The van der Waals surface area contributed by atoms with Crippen molar-refractivity contribution in [3.05, 3.63) is 35.9 Å². The second kappa shape index (κ2) is 7.38. The summed E-state index contributed by atoms with van der Waals surface area (Å²) in [6.07, 6.45) is 1.34. The van der Waals surface area contributed by atoms with Crippen molar-refractivity contribution in [2.24, 2.45) is 5.10 Å². The Balaban J connectivity index is 2.80. The highest BCUT2D eigenvalue weighted by Crippen LogP contribution is 2.15. The average molecular weight is 290 g/mol. The van der Waals surface area contributed by atoms with Gasteiger partial charge in [-0.3, -0.25) is 0 Å². The van der Waals surface area contributed by atoms with E-state index < -0.39 is 8.24 Å². The molecule has 0 heterocycles. The second-order valence-corrected chi connectivity index (χ2v) is 11.1. The Morgan fingerprint density at radius 3 is 2.20 bits per heavy atom. The van der Waals surface area contributed by atoms with Crippen LogP contribution in [0.4, 0.5) is 0 Å². The summed E-state index contributed by atoms with van der Waals surface area (Å²) < 4.78 is 2.23. The summed E-state index contributed by atoms with van der Waals surface area (Å²) in [7, 11) is -1.53. The lowest BCUT2D eigenvalue weighted by Crippen LogP contribution is -2.42. The number of hydrogen-bond acceptors (Lipinski definition) is 3. The summed E-state index contributed by atoms with van der Waals surface area (Å²) in [5.41, 5.74) is 2.32. The zero-order chi connectivity index (χ0) is 15.2. The van der Waals surface area contributed by atoms with Crippen LogP contribution in [0.5, 0.6) is 0 Å². The highest BCUT2D eigenvalue weighted by atomic mass is 28.3. The molecule has 0 bridgehead atoms. The molecule has 3 nitrogen and oxygen atoms in total. The van der Waals surface area contributed by atoms with E-state index in [1.807, 2.05) is 13.0 Å². The number of benzene rings is 1. The minimum Gasteiger partial charge on any atom is -0.320 e. The van der Waals surface area contributed by atoms with Crippen LogP contribution in [0.25, 0.3) is 0 Å². The summed E-state index contributed by atoms with van der Waals surface area (Å²) in [5.74, 6) is 0.224. The van der Waals surface area contributed by atoms with Crippen molar-refractivity contribution in [3.63, 3.8) is 0 Å². The molecule has 0 radical (unpaired) electrons. The number of hydrazone groups is 1. The molecule has 1 rings (SSSR count). The van der Waals surface area contributed by atoms with Crippen LogP contribution in [0.2, 0.25) is 19.6 Å². The SMILES string of the molecule is CC(=O)CC/C(C)=N/N(Cc1ccccc1)[Si](C)(C)C. The maximum absolute atomic E-state index is 11.1. The minimum absolute atomic E-state index is 0.224. The fraction of sp³-hybridized carbons (Fsp3) is 0.500. The Bertz CT molecular complexity index is 463. The minimum atomic E-state index is -1.53. The molecule has 0 spiro atoms. The Labute approximate surface area is 123 Å². The van der Waals surface area contributed by atoms with Crippen molar-refractivity contribution in [1.82, 2.24) is 4.67 Å². The smallest absolute Gasteiger partial charge is 0.169 e. The highest BCUT2D eigenvalue weighted by Gasteiger charge is 2.23. The van der Waals surface area contributed by atoms with Gasteiger partial charge in [0.1, 0.15) is 5.78 Å². The largest absolute Gasteiger partial charge is 0.320 e. The Kier molecular flexibility index (Phi) is 6.14. The summed E-state index contributed by atoms with van der Waals surface area (Å²) in [4.78, 5) is 11.1. The van der Waals surface area contributed by atoms with E-state index in [2.05, 4.69) is 48.6 Å². The maximum Gasteiger partial charge on any atom is 0.169 e. The number of carbonyl (C=O) groups is 1. The number of nitrogens with zero attached hydrogens (tertiary/aromatic N) is 2. The van der Waals surface area contributed by atoms with Gasteiger partial charge in [0.15, 0.2) is 8.24 Å². The van der Waals surface area contributed by atoms with Crippen LogP contribution in [-0.2, 0) is 11.3 Å². The molecule has 0 aliphatic carbocycles. The van der Waals surface area contributed by atoms with Gasteiger partial charge in [-0.05, 0) is 25.8 Å². The van der Waals surface area contributed by atoms with Crippen LogP contribution in [-0.4, -0.2) is 24.4 Å². The van der Waals surface area contributed by atoms with E-state index in [9.17, 15) is 4.79 Å². The van der Waals surface area contributed by atoms with Gasteiger partial charge in [0, 0.05) is 12.1 Å². The third-order valence-corrected chi connectivity index (χ3v) is 4.89. The Morgan fingerprint density at radius 2 is 1.70 bits per heavy atom. The number of Topliss-reactive ketones (excluding diaryl/α,β-unsaturated/α-hetero) is 1. The molecule has 0 saturated carbocycles. The molecule has 0 fully saturated rings. The molecule has 0 atom stereocenters. The van der Waals surface area contributed by atoms with Gasteiger partial charge in [-0.1, -0.05) is 50.0 Å². The van der Waals surface area contributed by atoms with Gasteiger partial charge >= 0.3 is 0 Å². The van der Waals surface area contributed by atoms with Crippen LogP contribution in [0.15, 0.2) is 35.4 Å². The van der Waals surface area contributed by atoms with Gasteiger partial charge < -0.3 is 9.47 Å². The van der Waals surface area contributed by atoms with E-state index in [0.29, 0.717) is 6.42 Å². The van der Waals surface area contributed by atoms with Gasteiger partial charge in [-0.25, -0.2) is 0 Å².